The summed E-state index contributed by atoms with van der Waals surface area (Å²) in [4.78, 5) is 35.9. The molecule has 0 saturated carbocycles. The van der Waals surface area contributed by atoms with Gasteiger partial charge in [0.15, 0.2) is 6.61 Å². The van der Waals surface area contributed by atoms with Crippen molar-refractivity contribution in [2.75, 3.05) is 24.4 Å². The second kappa shape index (κ2) is 8.47. The van der Waals surface area contributed by atoms with Gasteiger partial charge in [0.2, 0.25) is 5.91 Å². The van der Waals surface area contributed by atoms with Crippen LogP contribution in [0, 0.1) is 0 Å². The Kier molecular flexibility index (Phi) is 5.82. The molecule has 2 amide bonds. The third kappa shape index (κ3) is 4.55. The Labute approximate surface area is 167 Å². The lowest BCUT2D eigenvalue weighted by atomic mass is 10.2. The SMILES string of the molecule is COc1ccc(NC(C)=O)cc1NC(=O)COC(=O)c1cn(C)c2ccccc12. The Morgan fingerprint density at radius 2 is 1.83 bits per heavy atom. The standard InChI is InChI=1S/C21H21N3O5/c1-13(25)22-14-8-9-19(28-3)17(10-14)23-20(26)12-29-21(27)16-11-24(2)18-7-5-4-6-15(16)18/h4-11H,12H2,1-3H3,(H,22,25)(H,23,26). The van der Waals surface area contributed by atoms with E-state index in [1.165, 1.54) is 14.0 Å². The van der Waals surface area contributed by atoms with Gasteiger partial charge in [-0.25, -0.2) is 4.79 Å². The number of hydrogen-bond acceptors (Lipinski definition) is 5. The third-order valence-electron chi connectivity index (χ3n) is 4.25. The van der Waals surface area contributed by atoms with Crippen molar-refractivity contribution in [2.24, 2.45) is 7.05 Å². The zero-order valence-electron chi connectivity index (χ0n) is 16.3. The summed E-state index contributed by atoms with van der Waals surface area (Å²) in [5.41, 5.74) is 2.14. The van der Waals surface area contributed by atoms with Crippen LogP contribution < -0.4 is 15.4 Å². The van der Waals surface area contributed by atoms with Crippen LogP contribution in [0.3, 0.4) is 0 Å². The van der Waals surface area contributed by atoms with Crippen LogP contribution in [0.1, 0.15) is 17.3 Å². The Morgan fingerprint density at radius 1 is 1.07 bits per heavy atom. The molecular formula is C21H21N3O5. The van der Waals surface area contributed by atoms with Crippen LogP contribution in [-0.4, -0.2) is 36.1 Å². The maximum absolute atomic E-state index is 12.4. The highest BCUT2D eigenvalue weighted by molar-refractivity contribution is 6.05. The summed E-state index contributed by atoms with van der Waals surface area (Å²) in [7, 11) is 3.30. The molecule has 150 valence electrons. The van der Waals surface area contributed by atoms with E-state index >= 15 is 0 Å². The second-order valence-corrected chi connectivity index (χ2v) is 6.39. The van der Waals surface area contributed by atoms with Gasteiger partial charge in [0.05, 0.1) is 18.4 Å². The zero-order valence-corrected chi connectivity index (χ0v) is 16.3. The molecule has 0 aliphatic heterocycles. The number of carbonyl (C=O) groups excluding carboxylic acids is 3. The van der Waals surface area contributed by atoms with Crippen molar-refractivity contribution in [2.45, 2.75) is 6.92 Å². The average molecular weight is 395 g/mol. The predicted octanol–water partition coefficient (Wildman–Crippen LogP) is 2.94. The van der Waals surface area contributed by atoms with Gasteiger partial charge in [0, 0.05) is 36.8 Å². The van der Waals surface area contributed by atoms with Crippen molar-refractivity contribution in [3.8, 4) is 5.75 Å². The minimum absolute atomic E-state index is 0.239. The van der Waals surface area contributed by atoms with Gasteiger partial charge >= 0.3 is 5.97 Å². The van der Waals surface area contributed by atoms with Crippen LogP contribution in [0.15, 0.2) is 48.7 Å². The van der Waals surface area contributed by atoms with E-state index in [0.29, 0.717) is 22.7 Å². The summed E-state index contributed by atoms with van der Waals surface area (Å²) in [6.45, 7) is 0.921. The average Bonchev–Trinajstić information content (AvgIpc) is 3.03. The summed E-state index contributed by atoms with van der Waals surface area (Å²) in [6, 6.07) is 12.3. The van der Waals surface area contributed by atoms with Crippen molar-refractivity contribution < 1.29 is 23.9 Å². The van der Waals surface area contributed by atoms with Gasteiger partial charge in [-0.1, -0.05) is 18.2 Å². The van der Waals surface area contributed by atoms with Crippen molar-refractivity contribution in [1.82, 2.24) is 4.57 Å². The fourth-order valence-electron chi connectivity index (χ4n) is 2.99. The number of nitrogens with one attached hydrogen (secondary N) is 2. The smallest absolute Gasteiger partial charge is 0.340 e. The summed E-state index contributed by atoms with van der Waals surface area (Å²) in [5, 5.41) is 6.01. The van der Waals surface area contributed by atoms with E-state index < -0.39 is 18.5 Å². The molecule has 0 atom stereocenters. The number of methoxy groups -OCH3 is 1. The number of rotatable bonds is 6. The summed E-state index contributed by atoms with van der Waals surface area (Å²) in [5.74, 6) is -0.947. The van der Waals surface area contributed by atoms with E-state index in [0.717, 1.165) is 10.9 Å². The Hall–Kier alpha value is -3.81. The van der Waals surface area contributed by atoms with E-state index in [-0.39, 0.29) is 5.91 Å². The highest BCUT2D eigenvalue weighted by Gasteiger charge is 2.17. The summed E-state index contributed by atoms with van der Waals surface area (Å²) < 4.78 is 12.2. The number of carbonyl (C=O) groups is 3. The maximum Gasteiger partial charge on any atom is 0.340 e. The van der Waals surface area contributed by atoms with Crippen LogP contribution in [-0.2, 0) is 21.4 Å². The van der Waals surface area contributed by atoms with Gasteiger partial charge in [0.25, 0.3) is 5.91 Å². The van der Waals surface area contributed by atoms with Gasteiger partial charge < -0.3 is 24.7 Å². The summed E-state index contributed by atoms with van der Waals surface area (Å²) >= 11 is 0. The topological polar surface area (TPSA) is 98.7 Å². The first kappa shape index (κ1) is 19.9. The molecule has 0 unspecified atom stereocenters. The maximum atomic E-state index is 12.4. The molecule has 0 spiro atoms. The second-order valence-electron chi connectivity index (χ2n) is 6.39. The van der Waals surface area contributed by atoms with Gasteiger partial charge in [-0.2, -0.15) is 0 Å². The first-order valence-corrected chi connectivity index (χ1v) is 8.85. The predicted molar refractivity (Wildman–Crippen MR) is 109 cm³/mol. The van der Waals surface area contributed by atoms with Crippen molar-refractivity contribution in [3.05, 3.63) is 54.2 Å². The molecule has 3 aromatic rings. The molecule has 0 bridgehead atoms. The molecule has 2 N–H and O–H groups in total. The third-order valence-corrected chi connectivity index (χ3v) is 4.25. The molecule has 0 aliphatic carbocycles. The van der Waals surface area contributed by atoms with Gasteiger partial charge in [-0.3, -0.25) is 9.59 Å². The molecule has 0 saturated heterocycles. The fourth-order valence-corrected chi connectivity index (χ4v) is 2.99. The number of fused-ring (bicyclic) bond motifs is 1. The van der Waals surface area contributed by atoms with E-state index in [9.17, 15) is 14.4 Å². The van der Waals surface area contributed by atoms with Crippen LogP contribution in [0.2, 0.25) is 0 Å². The molecule has 1 aromatic heterocycles. The van der Waals surface area contributed by atoms with Crippen molar-refractivity contribution >= 4 is 40.1 Å². The molecule has 0 aliphatic rings. The minimum atomic E-state index is -0.587. The monoisotopic (exact) mass is 395 g/mol. The van der Waals surface area contributed by atoms with E-state index in [2.05, 4.69) is 10.6 Å². The molecular weight excluding hydrogens is 374 g/mol. The minimum Gasteiger partial charge on any atom is -0.495 e. The highest BCUT2D eigenvalue weighted by atomic mass is 16.5. The molecule has 2 aromatic carbocycles. The van der Waals surface area contributed by atoms with Gasteiger partial charge in [-0.05, 0) is 24.3 Å². The number of esters is 1. The molecule has 1 heterocycles. The molecule has 8 nitrogen and oxygen atoms in total. The molecule has 0 radical (unpaired) electrons. The number of amides is 2. The molecule has 8 heteroatoms. The van der Waals surface area contributed by atoms with Crippen molar-refractivity contribution in [3.63, 3.8) is 0 Å². The fraction of sp³-hybridized carbons (Fsp3) is 0.190. The van der Waals surface area contributed by atoms with E-state index in [1.807, 2.05) is 35.9 Å². The van der Waals surface area contributed by atoms with Crippen LogP contribution in [0.4, 0.5) is 11.4 Å². The highest BCUT2D eigenvalue weighted by Crippen LogP contribution is 2.28. The number of aryl methyl sites for hydroxylation is 1. The Balaban J connectivity index is 1.68. The lowest BCUT2D eigenvalue weighted by Gasteiger charge is -2.12. The van der Waals surface area contributed by atoms with Gasteiger partial charge in [0.1, 0.15) is 5.75 Å². The number of anilines is 2. The lowest BCUT2D eigenvalue weighted by Crippen LogP contribution is -2.21. The Bertz CT molecular complexity index is 1090. The molecule has 29 heavy (non-hydrogen) atoms. The van der Waals surface area contributed by atoms with Crippen LogP contribution in [0.25, 0.3) is 10.9 Å². The van der Waals surface area contributed by atoms with E-state index in [4.69, 9.17) is 9.47 Å². The number of nitrogens with zero attached hydrogens (tertiary/aromatic N) is 1. The molecule has 3 rings (SSSR count). The first-order chi connectivity index (χ1) is 13.9. The number of hydrogen-bond donors (Lipinski definition) is 2. The largest absolute Gasteiger partial charge is 0.495 e. The zero-order chi connectivity index (χ0) is 21.0. The number of ether oxygens (including phenoxy) is 2. The summed E-state index contributed by atoms with van der Waals surface area (Å²) in [6.07, 6.45) is 1.67. The lowest BCUT2D eigenvalue weighted by molar-refractivity contribution is -0.119. The molecule has 0 fully saturated rings. The van der Waals surface area contributed by atoms with Crippen molar-refractivity contribution in [1.29, 1.82) is 0 Å². The van der Waals surface area contributed by atoms with Crippen LogP contribution >= 0.6 is 0 Å². The van der Waals surface area contributed by atoms with E-state index in [1.54, 1.807) is 24.4 Å². The normalized spacial score (nSPS) is 10.4. The Morgan fingerprint density at radius 3 is 2.55 bits per heavy atom. The number of aromatic nitrogens is 1. The van der Waals surface area contributed by atoms with Crippen LogP contribution in [0.5, 0.6) is 5.75 Å². The first-order valence-electron chi connectivity index (χ1n) is 8.85. The quantitative estimate of drug-likeness (QED) is 0.626. The number of para-hydroxylation sites is 1. The number of benzene rings is 2. The van der Waals surface area contributed by atoms with Gasteiger partial charge in [-0.15, -0.1) is 0 Å².